The van der Waals surface area contributed by atoms with Crippen LogP contribution in [0.15, 0.2) is 24.3 Å². The summed E-state index contributed by atoms with van der Waals surface area (Å²) in [6.07, 6.45) is 6.06. The normalized spacial score (nSPS) is 18.3. The van der Waals surface area contributed by atoms with E-state index in [1.807, 2.05) is 31.2 Å². The lowest BCUT2D eigenvalue weighted by Gasteiger charge is -2.19. The topological polar surface area (TPSA) is 58.6 Å². The molecule has 1 heterocycles. The lowest BCUT2D eigenvalue weighted by molar-refractivity contribution is -0.126. The number of unbranched alkanes of at least 4 members (excludes halogenated alkanes) is 3. The van der Waals surface area contributed by atoms with Crippen LogP contribution in [0.3, 0.4) is 0 Å². The predicted molar refractivity (Wildman–Crippen MR) is 99.8 cm³/mol. The lowest BCUT2D eigenvalue weighted by Crippen LogP contribution is -2.38. The zero-order chi connectivity index (χ0) is 18.2. The van der Waals surface area contributed by atoms with Gasteiger partial charge in [-0.1, -0.05) is 38.7 Å². The Hall–Kier alpha value is -2.04. The minimum absolute atomic E-state index is 0.0102. The number of ether oxygens (including phenoxy) is 1. The molecule has 1 aromatic rings. The summed E-state index contributed by atoms with van der Waals surface area (Å²) in [4.78, 5) is 26.5. The summed E-state index contributed by atoms with van der Waals surface area (Å²) >= 11 is 0. The first-order valence-electron chi connectivity index (χ1n) is 9.30. The molecular formula is C20H30N2O3. The highest BCUT2D eigenvalue weighted by Gasteiger charge is 2.35. The molecule has 5 heteroatoms. The standard InChI is InChI=1S/C20H30N2O3/c1-4-5-6-7-9-15(2)21-20(24)16-12-19(23)22(14-16)17-10-8-11-18(13-17)25-3/h8,10-11,13,15-16H,4-7,9,12,14H2,1-3H3,(H,21,24)/t15-,16+/m1/s1. The minimum Gasteiger partial charge on any atom is -0.497 e. The highest BCUT2D eigenvalue weighted by molar-refractivity contribution is 6.00. The first-order valence-corrected chi connectivity index (χ1v) is 9.30. The monoisotopic (exact) mass is 346 g/mol. The van der Waals surface area contributed by atoms with E-state index in [1.165, 1.54) is 19.3 Å². The van der Waals surface area contributed by atoms with Crippen molar-refractivity contribution in [1.82, 2.24) is 5.32 Å². The van der Waals surface area contributed by atoms with Crippen LogP contribution in [-0.4, -0.2) is 31.5 Å². The predicted octanol–water partition coefficient (Wildman–Crippen LogP) is 3.52. The largest absolute Gasteiger partial charge is 0.497 e. The van der Waals surface area contributed by atoms with E-state index in [1.54, 1.807) is 12.0 Å². The van der Waals surface area contributed by atoms with Crippen molar-refractivity contribution in [2.24, 2.45) is 5.92 Å². The zero-order valence-electron chi connectivity index (χ0n) is 15.6. The van der Waals surface area contributed by atoms with E-state index in [9.17, 15) is 9.59 Å². The highest BCUT2D eigenvalue weighted by atomic mass is 16.5. The summed E-state index contributed by atoms with van der Waals surface area (Å²) in [6.45, 7) is 4.66. The van der Waals surface area contributed by atoms with E-state index >= 15 is 0 Å². The fourth-order valence-corrected chi connectivity index (χ4v) is 3.22. The Bertz CT molecular complexity index is 588. The number of nitrogens with zero attached hydrogens (tertiary/aromatic N) is 1. The van der Waals surface area contributed by atoms with Crippen LogP contribution in [0.25, 0.3) is 0 Å². The van der Waals surface area contributed by atoms with Gasteiger partial charge in [-0.2, -0.15) is 0 Å². The molecule has 0 spiro atoms. The number of nitrogens with one attached hydrogen (secondary N) is 1. The van der Waals surface area contributed by atoms with Gasteiger partial charge < -0.3 is 15.0 Å². The molecular weight excluding hydrogens is 316 g/mol. The number of hydrogen-bond acceptors (Lipinski definition) is 3. The van der Waals surface area contributed by atoms with Gasteiger partial charge >= 0.3 is 0 Å². The first-order chi connectivity index (χ1) is 12.0. The summed E-state index contributed by atoms with van der Waals surface area (Å²) in [5.74, 6) is 0.404. The van der Waals surface area contributed by atoms with Gasteiger partial charge in [0, 0.05) is 30.8 Å². The van der Waals surface area contributed by atoms with Crippen LogP contribution in [0.1, 0.15) is 52.4 Å². The number of carbonyl (C=O) groups excluding carboxylic acids is 2. The van der Waals surface area contributed by atoms with Crippen molar-refractivity contribution in [3.63, 3.8) is 0 Å². The molecule has 1 saturated heterocycles. The van der Waals surface area contributed by atoms with Gasteiger partial charge in [0.25, 0.3) is 0 Å². The number of hydrogen-bond donors (Lipinski definition) is 1. The van der Waals surface area contributed by atoms with Crippen LogP contribution in [0, 0.1) is 5.92 Å². The fourth-order valence-electron chi connectivity index (χ4n) is 3.22. The van der Waals surface area contributed by atoms with Crippen LogP contribution in [0.4, 0.5) is 5.69 Å². The van der Waals surface area contributed by atoms with Crippen molar-refractivity contribution in [3.8, 4) is 5.75 Å². The molecule has 0 aliphatic carbocycles. The maximum absolute atomic E-state index is 12.5. The van der Waals surface area contributed by atoms with Crippen LogP contribution in [0.2, 0.25) is 0 Å². The summed E-state index contributed by atoms with van der Waals surface area (Å²) in [7, 11) is 1.60. The Morgan fingerprint density at radius 1 is 1.36 bits per heavy atom. The van der Waals surface area contributed by atoms with Crippen LogP contribution in [-0.2, 0) is 9.59 Å². The summed E-state index contributed by atoms with van der Waals surface area (Å²) in [5.41, 5.74) is 0.785. The Morgan fingerprint density at radius 2 is 2.16 bits per heavy atom. The maximum Gasteiger partial charge on any atom is 0.227 e. The quantitative estimate of drug-likeness (QED) is 0.696. The molecule has 0 unspecified atom stereocenters. The molecule has 138 valence electrons. The van der Waals surface area contributed by atoms with Crippen molar-refractivity contribution in [3.05, 3.63) is 24.3 Å². The molecule has 0 radical (unpaired) electrons. The summed E-state index contributed by atoms with van der Waals surface area (Å²) in [6, 6.07) is 7.55. The van der Waals surface area contributed by atoms with Gasteiger partial charge in [-0.3, -0.25) is 9.59 Å². The molecule has 1 fully saturated rings. The van der Waals surface area contributed by atoms with Crippen molar-refractivity contribution < 1.29 is 14.3 Å². The number of benzene rings is 1. The van der Waals surface area contributed by atoms with E-state index in [0.717, 1.165) is 18.5 Å². The van der Waals surface area contributed by atoms with Crippen LogP contribution < -0.4 is 15.0 Å². The number of carbonyl (C=O) groups is 2. The molecule has 2 rings (SSSR count). The lowest BCUT2D eigenvalue weighted by atomic mass is 10.1. The fraction of sp³-hybridized carbons (Fsp3) is 0.600. The molecule has 25 heavy (non-hydrogen) atoms. The number of anilines is 1. The van der Waals surface area contributed by atoms with Crippen molar-refractivity contribution >= 4 is 17.5 Å². The SMILES string of the molecule is CCCCCC[C@@H](C)NC(=O)[C@H]1CC(=O)N(c2cccc(OC)c2)C1. The number of rotatable bonds is 9. The van der Waals surface area contributed by atoms with Gasteiger partial charge in [0.1, 0.15) is 5.75 Å². The van der Waals surface area contributed by atoms with Crippen LogP contribution in [0.5, 0.6) is 5.75 Å². The average molecular weight is 346 g/mol. The number of amides is 2. The Balaban J connectivity index is 1.87. The Labute approximate surface area is 150 Å². The second-order valence-corrected chi connectivity index (χ2v) is 6.87. The maximum atomic E-state index is 12.5. The first kappa shape index (κ1) is 19.3. The van der Waals surface area contributed by atoms with Gasteiger partial charge in [-0.15, -0.1) is 0 Å². The van der Waals surface area contributed by atoms with E-state index < -0.39 is 0 Å². The van der Waals surface area contributed by atoms with E-state index in [4.69, 9.17) is 4.74 Å². The summed E-state index contributed by atoms with van der Waals surface area (Å²) in [5, 5.41) is 3.07. The van der Waals surface area contributed by atoms with Crippen molar-refractivity contribution in [2.75, 3.05) is 18.6 Å². The van der Waals surface area contributed by atoms with E-state index in [0.29, 0.717) is 12.3 Å². The molecule has 0 bridgehead atoms. The molecule has 1 aliphatic rings. The minimum atomic E-state index is -0.281. The van der Waals surface area contributed by atoms with Gasteiger partial charge in [0.15, 0.2) is 0 Å². The molecule has 2 atom stereocenters. The molecule has 1 N–H and O–H groups in total. The third kappa shape index (κ3) is 5.48. The average Bonchev–Trinajstić information content (AvgIpc) is 3.01. The third-order valence-corrected chi connectivity index (χ3v) is 4.74. The van der Waals surface area contributed by atoms with Gasteiger partial charge in [0.05, 0.1) is 13.0 Å². The smallest absolute Gasteiger partial charge is 0.227 e. The molecule has 0 saturated carbocycles. The second-order valence-electron chi connectivity index (χ2n) is 6.87. The second kappa shape index (κ2) is 9.44. The highest BCUT2D eigenvalue weighted by Crippen LogP contribution is 2.28. The van der Waals surface area contributed by atoms with Crippen molar-refractivity contribution in [2.45, 2.75) is 58.4 Å². The van der Waals surface area contributed by atoms with E-state index in [-0.39, 0.29) is 30.2 Å². The molecule has 2 amide bonds. The third-order valence-electron chi connectivity index (χ3n) is 4.74. The molecule has 1 aromatic carbocycles. The Kier molecular flexibility index (Phi) is 7.29. The molecule has 0 aromatic heterocycles. The molecule has 1 aliphatic heterocycles. The van der Waals surface area contributed by atoms with Gasteiger partial charge in [0.2, 0.25) is 11.8 Å². The van der Waals surface area contributed by atoms with E-state index in [2.05, 4.69) is 12.2 Å². The molecule has 5 nitrogen and oxygen atoms in total. The Morgan fingerprint density at radius 3 is 2.88 bits per heavy atom. The van der Waals surface area contributed by atoms with Crippen LogP contribution >= 0.6 is 0 Å². The number of methoxy groups -OCH3 is 1. The summed E-state index contributed by atoms with van der Waals surface area (Å²) < 4.78 is 5.21. The van der Waals surface area contributed by atoms with Crippen molar-refractivity contribution in [1.29, 1.82) is 0 Å². The van der Waals surface area contributed by atoms with Gasteiger partial charge in [-0.05, 0) is 25.5 Å². The van der Waals surface area contributed by atoms with Gasteiger partial charge in [-0.25, -0.2) is 0 Å². The zero-order valence-corrected chi connectivity index (χ0v) is 15.6.